The van der Waals surface area contributed by atoms with E-state index in [0.29, 0.717) is 38.9 Å². The number of aromatic nitrogens is 1. The normalized spacial score (nSPS) is 11.8. The van der Waals surface area contributed by atoms with Crippen LogP contribution in [0.3, 0.4) is 0 Å². The largest absolute Gasteiger partial charge is 0.493 e. The molecule has 0 unspecified atom stereocenters. The SMILES string of the molecule is C=CCn1c(=NC(=O)/C=C\c2cc(OC)c(OC)c(OC)c2)sc2cc(F)ccc21. The van der Waals surface area contributed by atoms with Gasteiger partial charge in [-0.25, -0.2) is 4.39 Å². The van der Waals surface area contributed by atoms with E-state index in [2.05, 4.69) is 11.6 Å². The van der Waals surface area contributed by atoms with Gasteiger partial charge in [-0.3, -0.25) is 4.79 Å². The van der Waals surface area contributed by atoms with Gasteiger partial charge in [0, 0.05) is 12.6 Å². The van der Waals surface area contributed by atoms with Gasteiger partial charge in [0.05, 0.1) is 31.5 Å². The molecule has 0 fully saturated rings. The van der Waals surface area contributed by atoms with E-state index in [1.54, 1.807) is 30.4 Å². The number of thiazole rings is 1. The van der Waals surface area contributed by atoms with Gasteiger partial charge in [0.15, 0.2) is 16.3 Å². The van der Waals surface area contributed by atoms with Gasteiger partial charge in [0.2, 0.25) is 5.75 Å². The van der Waals surface area contributed by atoms with E-state index >= 15 is 0 Å². The van der Waals surface area contributed by atoms with Gasteiger partial charge < -0.3 is 18.8 Å². The van der Waals surface area contributed by atoms with Gasteiger partial charge in [0.1, 0.15) is 5.82 Å². The standard InChI is InChI=1S/C22H21FN2O4S/c1-5-10-25-16-8-7-15(23)13-19(16)30-22(25)24-20(26)9-6-14-11-17(27-2)21(29-4)18(12-14)28-3/h5-9,11-13H,1,10H2,2-4H3/b9-6-,24-22?. The lowest BCUT2D eigenvalue weighted by Gasteiger charge is -2.12. The third-order valence-electron chi connectivity index (χ3n) is 4.27. The summed E-state index contributed by atoms with van der Waals surface area (Å²) in [6, 6.07) is 7.93. The Bertz CT molecular complexity index is 1170. The third kappa shape index (κ3) is 4.44. The number of methoxy groups -OCH3 is 3. The minimum Gasteiger partial charge on any atom is -0.493 e. The van der Waals surface area contributed by atoms with Crippen molar-refractivity contribution in [2.24, 2.45) is 4.99 Å². The van der Waals surface area contributed by atoms with Crippen LogP contribution >= 0.6 is 11.3 Å². The highest BCUT2D eigenvalue weighted by Gasteiger charge is 2.12. The molecule has 156 valence electrons. The Kier molecular flexibility index (Phi) is 6.68. The first kappa shape index (κ1) is 21.3. The number of nitrogens with zero attached hydrogens (tertiary/aromatic N) is 2. The highest BCUT2D eigenvalue weighted by molar-refractivity contribution is 7.16. The fourth-order valence-electron chi connectivity index (χ4n) is 2.93. The summed E-state index contributed by atoms with van der Waals surface area (Å²) in [4.78, 5) is 17.1. The molecule has 0 atom stereocenters. The molecule has 3 rings (SSSR count). The second kappa shape index (κ2) is 9.41. The lowest BCUT2D eigenvalue weighted by molar-refractivity contribution is -0.113. The van der Waals surface area contributed by atoms with Gasteiger partial charge in [-0.05, 0) is 42.0 Å². The number of hydrogen-bond acceptors (Lipinski definition) is 5. The van der Waals surface area contributed by atoms with Crippen LogP contribution in [-0.2, 0) is 11.3 Å². The zero-order valence-electron chi connectivity index (χ0n) is 16.8. The number of rotatable bonds is 7. The summed E-state index contributed by atoms with van der Waals surface area (Å²) in [6.45, 7) is 4.19. The molecule has 1 aromatic heterocycles. The number of amides is 1. The monoisotopic (exact) mass is 428 g/mol. The molecule has 0 saturated carbocycles. The van der Waals surface area contributed by atoms with Crippen LogP contribution in [0.25, 0.3) is 16.3 Å². The van der Waals surface area contributed by atoms with Crippen LogP contribution in [0.4, 0.5) is 4.39 Å². The Morgan fingerprint density at radius 1 is 1.17 bits per heavy atom. The average Bonchev–Trinajstić information content (AvgIpc) is 3.07. The van der Waals surface area contributed by atoms with Crippen LogP contribution in [0.2, 0.25) is 0 Å². The maximum atomic E-state index is 13.6. The Hall–Kier alpha value is -3.39. The fourth-order valence-corrected chi connectivity index (χ4v) is 4.00. The van der Waals surface area contributed by atoms with Crippen molar-refractivity contribution in [1.82, 2.24) is 4.57 Å². The van der Waals surface area contributed by atoms with Gasteiger partial charge >= 0.3 is 0 Å². The molecule has 0 N–H and O–H groups in total. The average molecular weight is 428 g/mol. The second-order valence-electron chi connectivity index (χ2n) is 6.14. The van der Waals surface area contributed by atoms with E-state index in [0.717, 1.165) is 5.52 Å². The van der Waals surface area contributed by atoms with Crippen molar-refractivity contribution in [2.45, 2.75) is 6.54 Å². The predicted molar refractivity (Wildman–Crippen MR) is 116 cm³/mol. The quantitative estimate of drug-likeness (QED) is 0.418. The zero-order valence-corrected chi connectivity index (χ0v) is 17.7. The summed E-state index contributed by atoms with van der Waals surface area (Å²) >= 11 is 1.24. The molecule has 0 saturated heterocycles. The molecule has 6 nitrogen and oxygen atoms in total. The first-order chi connectivity index (χ1) is 14.5. The number of hydrogen-bond donors (Lipinski definition) is 0. The van der Waals surface area contributed by atoms with E-state index < -0.39 is 5.91 Å². The Balaban J connectivity index is 1.97. The van der Waals surface area contributed by atoms with Gasteiger partial charge in [-0.15, -0.1) is 6.58 Å². The molecule has 0 spiro atoms. The molecule has 0 aliphatic carbocycles. The highest BCUT2D eigenvalue weighted by atomic mass is 32.1. The Morgan fingerprint density at radius 3 is 2.47 bits per heavy atom. The number of fused-ring (bicyclic) bond motifs is 1. The molecule has 0 radical (unpaired) electrons. The van der Waals surface area contributed by atoms with Crippen LogP contribution < -0.4 is 19.0 Å². The van der Waals surface area contributed by atoms with E-state index in [9.17, 15) is 9.18 Å². The smallest absolute Gasteiger partial charge is 0.272 e. The molecule has 1 amide bonds. The Morgan fingerprint density at radius 2 is 1.87 bits per heavy atom. The topological polar surface area (TPSA) is 62.1 Å². The molecule has 3 aromatic rings. The lowest BCUT2D eigenvalue weighted by atomic mass is 10.1. The van der Waals surface area contributed by atoms with Crippen LogP contribution in [-0.4, -0.2) is 31.8 Å². The third-order valence-corrected chi connectivity index (χ3v) is 5.31. The zero-order chi connectivity index (χ0) is 21.7. The molecule has 0 bridgehead atoms. The van der Waals surface area contributed by atoms with Gasteiger partial charge in [0.25, 0.3) is 5.91 Å². The summed E-state index contributed by atoms with van der Waals surface area (Å²) in [7, 11) is 4.56. The summed E-state index contributed by atoms with van der Waals surface area (Å²) in [6.07, 6.45) is 4.66. The molecule has 30 heavy (non-hydrogen) atoms. The number of allylic oxidation sites excluding steroid dienone is 1. The van der Waals surface area contributed by atoms with Gasteiger partial charge in [-0.1, -0.05) is 17.4 Å². The van der Waals surface area contributed by atoms with Crippen molar-refractivity contribution in [2.75, 3.05) is 21.3 Å². The maximum Gasteiger partial charge on any atom is 0.272 e. The number of carbonyl (C=O) groups is 1. The number of ether oxygens (including phenoxy) is 3. The minimum atomic E-state index is -0.450. The van der Waals surface area contributed by atoms with Crippen molar-refractivity contribution in [1.29, 1.82) is 0 Å². The minimum absolute atomic E-state index is 0.338. The van der Waals surface area contributed by atoms with Crippen molar-refractivity contribution < 1.29 is 23.4 Å². The highest BCUT2D eigenvalue weighted by Crippen LogP contribution is 2.38. The fraction of sp³-hybridized carbons (Fsp3) is 0.182. The first-order valence-electron chi connectivity index (χ1n) is 8.97. The number of carbonyl (C=O) groups excluding carboxylic acids is 1. The van der Waals surface area contributed by atoms with Crippen LogP contribution in [0.1, 0.15) is 5.56 Å². The van der Waals surface area contributed by atoms with Crippen molar-refractivity contribution in [3.05, 3.63) is 65.2 Å². The summed E-state index contributed by atoms with van der Waals surface area (Å²) in [5, 5.41) is 0. The van der Waals surface area contributed by atoms with E-state index in [1.807, 2.05) is 4.57 Å². The molecule has 2 aromatic carbocycles. The molecule has 0 aliphatic rings. The summed E-state index contributed by atoms with van der Waals surface area (Å²) in [5.74, 6) is 0.645. The number of halogens is 1. The molecule has 1 heterocycles. The van der Waals surface area contributed by atoms with Crippen LogP contribution in [0.5, 0.6) is 17.2 Å². The number of benzene rings is 2. The maximum absolute atomic E-state index is 13.6. The van der Waals surface area contributed by atoms with Crippen molar-refractivity contribution in [3.8, 4) is 17.2 Å². The van der Waals surface area contributed by atoms with E-state index in [-0.39, 0.29) is 5.82 Å². The second-order valence-corrected chi connectivity index (χ2v) is 7.15. The Labute approximate surface area is 177 Å². The summed E-state index contributed by atoms with van der Waals surface area (Å²) in [5.41, 5.74) is 1.48. The molecular weight excluding hydrogens is 407 g/mol. The van der Waals surface area contributed by atoms with Crippen LogP contribution in [0.15, 0.2) is 54.1 Å². The first-order valence-corrected chi connectivity index (χ1v) is 9.79. The van der Waals surface area contributed by atoms with Gasteiger partial charge in [-0.2, -0.15) is 4.99 Å². The van der Waals surface area contributed by atoms with E-state index in [4.69, 9.17) is 14.2 Å². The van der Waals surface area contributed by atoms with E-state index in [1.165, 1.54) is 50.9 Å². The lowest BCUT2D eigenvalue weighted by Crippen LogP contribution is -2.15. The van der Waals surface area contributed by atoms with Crippen LogP contribution in [0, 0.1) is 5.82 Å². The molecule has 0 aliphatic heterocycles. The molecule has 8 heteroatoms. The molecular formula is C22H21FN2O4S. The van der Waals surface area contributed by atoms with Crippen molar-refractivity contribution >= 4 is 33.5 Å². The summed E-state index contributed by atoms with van der Waals surface area (Å²) < 4.78 is 32.0. The predicted octanol–water partition coefficient (Wildman–Crippen LogP) is 4.19. The van der Waals surface area contributed by atoms with Crippen molar-refractivity contribution in [3.63, 3.8) is 0 Å².